The predicted molar refractivity (Wildman–Crippen MR) is 144 cm³/mol. The topological polar surface area (TPSA) is 136 Å². The van der Waals surface area contributed by atoms with Gasteiger partial charge in [0.05, 0.1) is 41.2 Å². The number of carbonyl (C=O) groups excluding carboxylic acids is 1. The summed E-state index contributed by atoms with van der Waals surface area (Å²) < 4.78 is 52.6. The van der Waals surface area contributed by atoms with Gasteiger partial charge in [-0.15, -0.1) is 0 Å². The third-order valence-corrected chi connectivity index (χ3v) is 10.0. The average Bonchev–Trinajstić information content (AvgIpc) is 3.43. The van der Waals surface area contributed by atoms with Gasteiger partial charge in [0.25, 0.3) is 5.91 Å². The van der Waals surface area contributed by atoms with Gasteiger partial charge in [0, 0.05) is 25.3 Å². The van der Waals surface area contributed by atoms with Crippen LogP contribution in [-0.4, -0.2) is 66.1 Å². The molecule has 0 radical (unpaired) electrons. The van der Waals surface area contributed by atoms with Gasteiger partial charge in [-0.2, -0.15) is 0 Å². The Morgan fingerprint density at radius 3 is 2.27 bits per heavy atom. The van der Waals surface area contributed by atoms with Crippen molar-refractivity contribution in [2.24, 2.45) is 5.41 Å². The summed E-state index contributed by atoms with van der Waals surface area (Å²) in [4.78, 5) is 15.6. The van der Waals surface area contributed by atoms with Crippen molar-refractivity contribution in [1.82, 2.24) is 0 Å². The molecule has 3 aliphatic rings. The summed E-state index contributed by atoms with van der Waals surface area (Å²) in [6.07, 6.45) is 6.31. The Bertz CT molecular complexity index is 1430. The molecule has 0 atom stereocenters. The maximum atomic E-state index is 13.5. The zero-order valence-corrected chi connectivity index (χ0v) is 22.4. The first-order valence-corrected chi connectivity index (χ1v) is 15.9. The summed E-state index contributed by atoms with van der Waals surface area (Å²) in [6.45, 7) is 1.43. The Hall–Kier alpha value is -2.83. The van der Waals surface area contributed by atoms with Crippen LogP contribution in [0.15, 0.2) is 36.4 Å². The lowest BCUT2D eigenvalue weighted by molar-refractivity contribution is 0.102. The number of hydrogen-bond acceptors (Lipinski definition) is 7. The van der Waals surface area contributed by atoms with Gasteiger partial charge in [0.15, 0.2) is 0 Å². The van der Waals surface area contributed by atoms with Crippen LogP contribution in [0.5, 0.6) is 0 Å². The summed E-state index contributed by atoms with van der Waals surface area (Å²) in [5.41, 5.74) is 3.75. The fourth-order valence-corrected chi connectivity index (χ4v) is 7.05. The number of aliphatic hydroxyl groups is 1. The number of hydrogen-bond donors (Lipinski definition) is 3. The van der Waals surface area contributed by atoms with Gasteiger partial charge in [-0.25, -0.2) is 16.8 Å². The number of nitrogens with one attached hydrogen (secondary N) is 2. The van der Waals surface area contributed by atoms with Gasteiger partial charge in [-0.3, -0.25) is 13.8 Å². The zero-order chi connectivity index (χ0) is 26.4. The molecule has 1 spiro atoms. The minimum atomic E-state index is -3.72. The van der Waals surface area contributed by atoms with Crippen LogP contribution in [0.3, 0.4) is 0 Å². The molecule has 37 heavy (non-hydrogen) atoms. The number of amides is 1. The van der Waals surface area contributed by atoms with Crippen molar-refractivity contribution >= 4 is 48.7 Å². The summed E-state index contributed by atoms with van der Waals surface area (Å²) in [7, 11) is -7.14. The van der Waals surface area contributed by atoms with E-state index in [1.54, 1.807) is 24.3 Å². The van der Waals surface area contributed by atoms with Crippen LogP contribution in [0.1, 0.15) is 41.6 Å². The lowest BCUT2D eigenvalue weighted by atomic mass is 9.93. The second-order valence-corrected chi connectivity index (χ2v) is 14.0. The monoisotopic (exact) mass is 548 g/mol. The van der Waals surface area contributed by atoms with Crippen molar-refractivity contribution in [3.63, 3.8) is 0 Å². The highest BCUT2D eigenvalue weighted by Gasteiger charge is 2.44. The van der Waals surface area contributed by atoms with Crippen molar-refractivity contribution in [1.29, 1.82) is 0 Å². The molecule has 1 amide bonds. The molecule has 10 nitrogen and oxygen atoms in total. The Morgan fingerprint density at radius 1 is 0.946 bits per heavy atom. The highest BCUT2D eigenvalue weighted by Crippen LogP contribution is 2.54. The third kappa shape index (κ3) is 5.55. The van der Waals surface area contributed by atoms with E-state index in [1.807, 2.05) is 6.07 Å². The van der Waals surface area contributed by atoms with Gasteiger partial charge in [0.2, 0.25) is 20.0 Å². The van der Waals surface area contributed by atoms with E-state index in [0.717, 1.165) is 31.5 Å². The van der Waals surface area contributed by atoms with E-state index in [0.29, 0.717) is 46.7 Å². The summed E-state index contributed by atoms with van der Waals surface area (Å²) in [6, 6.07) is 10.1. The van der Waals surface area contributed by atoms with Gasteiger partial charge in [-0.1, -0.05) is 6.07 Å². The fourth-order valence-electron chi connectivity index (χ4n) is 5.27. The Morgan fingerprint density at radius 2 is 1.62 bits per heavy atom. The Balaban J connectivity index is 1.42. The van der Waals surface area contributed by atoms with E-state index < -0.39 is 32.4 Å². The van der Waals surface area contributed by atoms with Crippen LogP contribution < -0.4 is 19.2 Å². The summed E-state index contributed by atoms with van der Waals surface area (Å²) >= 11 is 0. The first-order valence-electron chi connectivity index (χ1n) is 12.4. The van der Waals surface area contributed by atoms with Gasteiger partial charge in [0.1, 0.15) is 0 Å². The average molecular weight is 549 g/mol. The number of piperidine rings is 1. The van der Waals surface area contributed by atoms with Crippen LogP contribution in [0.25, 0.3) is 0 Å². The first-order chi connectivity index (χ1) is 17.5. The molecule has 3 N–H and O–H groups in total. The zero-order valence-electron chi connectivity index (χ0n) is 20.7. The molecule has 0 aromatic heterocycles. The number of rotatable bonds is 8. The molecule has 12 heteroatoms. The Kier molecular flexibility index (Phi) is 6.61. The van der Waals surface area contributed by atoms with Gasteiger partial charge >= 0.3 is 0 Å². The highest BCUT2D eigenvalue weighted by atomic mass is 32.2. The van der Waals surface area contributed by atoms with Crippen LogP contribution in [0, 0.1) is 5.41 Å². The van der Waals surface area contributed by atoms with Crippen LogP contribution in [-0.2, 0) is 26.5 Å². The number of nitrogens with zero attached hydrogens (tertiary/aromatic N) is 2. The molecule has 1 aliphatic carbocycles. The SMILES string of the molecule is CS(=O)(=O)N1CCc2ccc(NC(=O)c3ccc(NS(=O)(=O)CCO)cc3N3CCC4(CC3)CC4)cc21. The summed E-state index contributed by atoms with van der Waals surface area (Å²) in [5.74, 6) is -0.782. The summed E-state index contributed by atoms with van der Waals surface area (Å²) in [5, 5.41) is 12.0. The number of fused-ring (bicyclic) bond motifs is 1. The van der Waals surface area contributed by atoms with Gasteiger partial charge in [-0.05, 0) is 73.4 Å². The van der Waals surface area contributed by atoms with E-state index in [-0.39, 0.29) is 5.91 Å². The molecule has 0 bridgehead atoms. The molecular formula is C25H32N4O6S2. The minimum absolute atomic E-state index is 0.327. The molecule has 2 aromatic carbocycles. The standard InChI is InChI=1S/C25H32N4O6S2/c1-36(32,33)29-11-6-18-2-3-19(16-22(18)29)26-24(31)21-5-4-20(27-37(34,35)15-14-30)17-23(21)28-12-9-25(7-8-25)10-13-28/h2-5,16-17,27,30H,6-15H2,1H3,(H,26,31). The number of benzene rings is 2. The normalized spacial score (nSPS) is 18.5. The smallest absolute Gasteiger partial charge is 0.257 e. The maximum absolute atomic E-state index is 13.5. The molecule has 2 aromatic rings. The number of carbonyl (C=O) groups is 1. The molecule has 2 fully saturated rings. The molecular weight excluding hydrogens is 516 g/mol. The molecule has 1 saturated carbocycles. The van der Waals surface area contributed by atoms with Crippen molar-refractivity contribution in [2.75, 3.05) is 57.5 Å². The fraction of sp³-hybridized carbons (Fsp3) is 0.480. The van der Waals surface area contributed by atoms with Crippen molar-refractivity contribution in [3.8, 4) is 0 Å². The maximum Gasteiger partial charge on any atom is 0.257 e. The van der Waals surface area contributed by atoms with Crippen LogP contribution in [0.2, 0.25) is 0 Å². The molecule has 5 rings (SSSR count). The second kappa shape index (κ2) is 9.48. The van der Waals surface area contributed by atoms with E-state index in [2.05, 4.69) is 14.9 Å². The molecule has 1 saturated heterocycles. The molecule has 0 unspecified atom stereocenters. The molecule has 200 valence electrons. The quantitative estimate of drug-likeness (QED) is 0.461. The van der Waals surface area contributed by atoms with Crippen molar-refractivity contribution in [3.05, 3.63) is 47.5 Å². The minimum Gasteiger partial charge on any atom is -0.395 e. The Labute approximate surface area is 217 Å². The van der Waals surface area contributed by atoms with E-state index in [9.17, 15) is 21.6 Å². The highest BCUT2D eigenvalue weighted by molar-refractivity contribution is 7.92. The first kappa shape index (κ1) is 25.8. The van der Waals surface area contributed by atoms with Gasteiger partial charge < -0.3 is 15.3 Å². The second-order valence-electron chi connectivity index (χ2n) is 10.2. The van der Waals surface area contributed by atoms with Crippen LogP contribution >= 0.6 is 0 Å². The molecule has 2 aliphatic heterocycles. The van der Waals surface area contributed by atoms with E-state index >= 15 is 0 Å². The molecule has 2 heterocycles. The largest absolute Gasteiger partial charge is 0.395 e. The van der Waals surface area contributed by atoms with E-state index in [4.69, 9.17) is 5.11 Å². The van der Waals surface area contributed by atoms with E-state index in [1.165, 1.54) is 29.5 Å². The lowest BCUT2D eigenvalue weighted by Gasteiger charge is -2.35. The van der Waals surface area contributed by atoms with Crippen molar-refractivity contribution in [2.45, 2.75) is 32.1 Å². The van der Waals surface area contributed by atoms with Crippen LogP contribution in [0.4, 0.5) is 22.7 Å². The number of sulfonamides is 2. The predicted octanol–water partition coefficient (Wildman–Crippen LogP) is 2.38. The lowest BCUT2D eigenvalue weighted by Crippen LogP contribution is -2.35. The van der Waals surface area contributed by atoms with Crippen molar-refractivity contribution < 1.29 is 26.7 Å². The third-order valence-electron chi connectivity index (χ3n) is 7.59. The number of aliphatic hydroxyl groups excluding tert-OH is 1. The number of anilines is 4.